The van der Waals surface area contributed by atoms with E-state index in [1.807, 2.05) is 6.07 Å². The molecular weight excluding hydrogens is 266 g/mol. The molecule has 1 saturated carbocycles. The molecular formula is C18H26ClN. The Hall–Kier alpha value is -0.530. The fraction of sp³-hybridized carbons (Fsp3) is 0.667. The van der Waals surface area contributed by atoms with Crippen LogP contribution in [0.3, 0.4) is 0 Å². The third-order valence-corrected chi connectivity index (χ3v) is 6.05. The highest BCUT2D eigenvalue weighted by Gasteiger charge is 2.47. The Morgan fingerprint density at radius 1 is 1.30 bits per heavy atom. The number of hydrogen-bond donors (Lipinski definition) is 1. The first-order chi connectivity index (χ1) is 9.76. The van der Waals surface area contributed by atoms with Crippen LogP contribution < -0.4 is 5.32 Å². The van der Waals surface area contributed by atoms with Crippen LogP contribution in [0.2, 0.25) is 5.02 Å². The molecule has 20 heavy (non-hydrogen) atoms. The Bertz CT molecular complexity index is 452. The Labute approximate surface area is 128 Å². The standard InChI is InChI=1S/C18H26ClN/c1-2-15-7-3-4-9-18(15)10-11-20-13-17(18)14-6-5-8-16(19)12-14/h5-6,8,12,15,17,20H,2-4,7,9-11,13H2,1H3. The summed E-state index contributed by atoms with van der Waals surface area (Å²) in [5.74, 6) is 1.53. The first-order valence-corrected chi connectivity index (χ1v) is 8.60. The van der Waals surface area contributed by atoms with E-state index in [0.29, 0.717) is 11.3 Å². The topological polar surface area (TPSA) is 12.0 Å². The minimum atomic E-state index is 0.517. The quantitative estimate of drug-likeness (QED) is 0.808. The molecule has 0 radical (unpaired) electrons. The van der Waals surface area contributed by atoms with E-state index in [9.17, 15) is 0 Å². The van der Waals surface area contributed by atoms with E-state index in [1.54, 1.807) is 0 Å². The van der Waals surface area contributed by atoms with Gasteiger partial charge >= 0.3 is 0 Å². The van der Waals surface area contributed by atoms with Gasteiger partial charge in [0.25, 0.3) is 0 Å². The van der Waals surface area contributed by atoms with Gasteiger partial charge < -0.3 is 5.32 Å². The maximum atomic E-state index is 6.24. The summed E-state index contributed by atoms with van der Waals surface area (Å²) >= 11 is 6.24. The molecule has 0 aromatic heterocycles. The number of piperidine rings is 1. The highest BCUT2D eigenvalue weighted by atomic mass is 35.5. The maximum absolute atomic E-state index is 6.24. The number of rotatable bonds is 2. The van der Waals surface area contributed by atoms with Gasteiger partial charge in [0.05, 0.1) is 0 Å². The summed E-state index contributed by atoms with van der Waals surface area (Å²) in [4.78, 5) is 0. The Morgan fingerprint density at radius 2 is 2.20 bits per heavy atom. The van der Waals surface area contributed by atoms with Crippen LogP contribution in [-0.2, 0) is 0 Å². The maximum Gasteiger partial charge on any atom is 0.0408 e. The molecule has 3 rings (SSSR count). The molecule has 1 saturated heterocycles. The van der Waals surface area contributed by atoms with E-state index >= 15 is 0 Å². The number of halogens is 1. The van der Waals surface area contributed by atoms with Crippen LogP contribution in [0.25, 0.3) is 0 Å². The average Bonchev–Trinajstić information content (AvgIpc) is 2.48. The van der Waals surface area contributed by atoms with Gasteiger partial charge in [-0.25, -0.2) is 0 Å². The SMILES string of the molecule is CCC1CCCCC12CCNCC2c1cccc(Cl)c1. The zero-order valence-electron chi connectivity index (χ0n) is 12.5. The molecule has 1 aromatic rings. The van der Waals surface area contributed by atoms with Crippen molar-refractivity contribution in [1.82, 2.24) is 5.32 Å². The molecule has 1 aromatic carbocycles. The van der Waals surface area contributed by atoms with Crippen molar-refractivity contribution in [1.29, 1.82) is 0 Å². The van der Waals surface area contributed by atoms with Crippen LogP contribution in [0, 0.1) is 11.3 Å². The molecule has 1 spiro atoms. The van der Waals surface area contributed by atoms with Gasteiger partial charge in [0.2, 0.25) is 0 Å². The predicted molar refractivity (Wildman–Crippen MR) is 86.4 cm³/mol. The van der Waals surface area contributed by atoms with Gasteiger partial charge in [0.1, 0.15) is 0 Å². The largest absolute Gasteiger partial charge is 0.316 e. The molecule has 1 heterocycles. The molecule has 3 unspecified atom stereocenters. The van der Waals surface area contributed by atoms with Crippen LogP contribution in [0.1, 0.15) is 56.9 Å². The summed E-state index contributed by atoms with van der Waals surface area (Å²) in [5, 5.41) is 4.51. The van der Waals surface area contributed by atoms with E-state index in [4.69, 9.17) is 11.6 Å². The summed E-state index contributed by atoms with van der Waals surface area (Å²) in [5.41, 5.74) is 1.97. The van der Waals surface area contributed by atoms with Gasteiger partial charge in [-0.2, -0.15) is 0 Å². The first kappa shape index (κ1) is 14.4. The predicted octanol–water partition coefficient (Wildman–Crippen LogP) is 5.00. The molecule has 2 fully saturated rings. The number of benzene rings is 1. The Morgan fingerprint density at radius 3 is 3.00 bits per heavy atom. The van der Waals surface area contributed by atoms with Crippen molar-refractivity contribution in [2.45, 2.75) is 51.4 Å². The van der Waals surface area contributed by atoms with Crippen LogP contribution >= 0.6 is 11.6 Å². The van der Waals surface area contributed by atoms with Crippen molar-refractivity contribution >= 4 is 11.6 Å². The molecule has 1 aliphatic carbocycles. The molecule has 1 N–H and O–H groups in total. The molecule has 2 aliphatic rings. The zero-order chi connectivity index (χ0) is 14.0. The normalized spacial score (nSPS) is 34.3. The lowest BCUT2D eigenvalue weighted by molar-refractivity contribution is 0.0293. The third kappa shape index (κ3) is 2.51. The Balaban J connectivity index is 1.97. The fourth-order valence-electron chi connectivity index (χ4n) is 4.85. The molecule has 1 nitrogen and oxygen atoms in total. The van der Waals surface area contributed by atoms with Gasteiger partial charge in [-0.1, -0.05) is 49.9 Å². The van der Waals surface area contributed by atoms with Gasteiger partial charge in [-0.3, -0.25) is 0 Å². The van der Waals surface area contributed by atoms with Crippen LogP contribution in [0.4, 0.5) is 0 Å². The monoisotopic (exact) mass is 291 g/mol. The third-order valence-electron chi connectivity index (χ3n) is 5.81. The first-order valence-electron chi connectivity index (χ1n) is 8.22. The van der Waals surface area contributed by atoms with E-state index in [2.05, 4.69) is 30.4 Å². The Kier molecular flexibility index (Phi) is 4.37. The highest BCUT2D eigenvalue weighted by Crippen LogP contribution is 2.55. The second-order valence-electron chi connectivity index (χ2n) is 6.65. The molecule has 1 aliphatic heterocycles. The highest BCUT2D eigenvalue weighted by molar-refractivity contribution is 6.30. The lowest BCUT2D eigenvalue weighted by atomic mass is 9.55. The van der Waals surface area contributed by atoms with Crippen LogP contribution in [0.15, 0.2) is 24.3 Å². The number of hydrogen-bond acceptors (Lipinski definition) is 1. The van der Waals surface area contributed by atoms with E-state index in [1.165, 1.54) is 50.6 Å². The van der Waals surface area contributed by atoms with Gasteiger partial charge in [-0.05, 0) is 54.8 Å². The average molecular weight is 292 g/mol. The van der Waals surface area contributed by atoms with Crippen molar-refractivity contribution in [3.05, 3.63) is 34.9 Å². The summed E-state index contributed by atoms with van der Waals surface area (Å²) in [6.07, 6.45) is 8.33. The molecule has 0 amide bonds. The molecule has 0 bridgehead atoms. The van der Waals surface area contributed by atoms with Crippen molar-refractivity contribution < 1.29 is 0 Å². The van der Waals surface area contributed by atoms with E-state index in [0.717, 1.165) is 17.5 Å². The van der Waals surface area contributed by atoms with E-state index in [-0.39, 0.29) is 0 Å². The fourth-order valence-corrected chi connectivity index (χ4v) is 5.05. The smallest absolute Gasteiger partial charge is 0.0408 e. The second-order valence-corrected chi connectivity index (χ2v) is 7.08. The lowest BCUT2D eigenvalue weighted by Crippen LogP contribution is -2.49. The summed E-state index contributed by atoms with van der Waals surface area (Å²) in [6, 6.07) is 8.59. The summed E-state index contributed by atoms with van der Waals surface area (Å²) in [7, 11) is 0. The van der Waals surface area contributed by atoms with Crippen LogP contribution in [0.5, 0.6) is 0 Å². The van der Waals surface area contributed by atoms with Crippen molar-refractivity contribution in [2.75, 3.05) is 13.1 Å². The summed E-state index contributed by atoms with van der Waals surface area (Å²) < 4.78 is 0. The number of nitrogens with one attached hydrogen (secondary N) is 1. The van der Waals surface area contributed by atoms with Gasteiger partial charge in [0.15, 0.2) is 0 Å². The molecule has 110 valence electrons. The lowest BCUT2D eigenvalue weighted by Gasteiger charge is -2.52. The van der Waals surface area contributed by atoms with E-state index < -0.39 is 0 Å². The summed E-state index contributed by atoms with van der Waals surface area (Å²) in [6.45, 7) is 4.69. The second kappa shape index (κ2) is 6.07. The van der Waals surface area contributed by atoms with Gasteiger partial charge in [-0.15, -0.1) is 0 Å². The van der Waals surface area contributed by atoms with Crippen molar-refractivity contribution in [3.63, 3.8) is 0 Å². The minimum absolute atomic E-state index is 0.517. The minimum Gasteiger partial charge on any atom is -0.316 e. The van der Waals surface area contributed by atoms with Crippen LogP contribution in [-0.4, -0.2) is 13.1 Å². The van der Waals surface area contributed by atoms with Crippen molar-refractivity contribution in [3.8, 4) is 0 Å². The zero-order valence-corrected chi connectivity index (χ0v) is 13.3. The molecule has 3 atom stereocenters. The van der Waals surface area contributed by atoms with Gasteiger partial charge in [0, 0.05) is 17.5 Å². The molecule has 2 heteroatoms. The van der Waals surface area contributed by atoms with Crippen molar-refractivity contribution in [2.24, 2.45) is 11.3 Å².